The third-order valence-corrected chi connectivity index (χ3v) is 4.76. The van der Waals surface area contributed by atoms with Crippen molar-refractivity contribution in [3.8, 4) is 0 Å². The van der Waals surface area contributed by atoms with Crippen LogP contribution < -0.4 is 0 Å². The number of benzene rings is 2. The molecule has 0 atom stereocenters. The molecule has 1 heterocycles. The summed E-state index contributed by atoms with van der Waals surface area (Å²) in [6.07, 6.45) is 0. The second-order valence-corrected chi connectivity index (χ2v) is 6.37. The second kappa shape index (κ2) is 8.47. The van der Waals surface area contributed by atoms with Gasteiger partial charge < -0.3 is 4.90 Å². The van der Waals surface area contributed by atoms with E-state index in [1.54, 1.807) is 11.8 Å². The van der Waals surface area contributed by atoms with Crippen LogP contribution in [0.2, 0.25) is 5.02 Å². The lowest BCUT2D eigenvalue weighted by Gasteiger charge is -2.19. The Hall–Kier alpha value is -1.16. The molecule has 3 rings (SSSR count). The molecule has 0 bridgehead atoms. The molecule has 0 unspecified atom stereocenters. The summed E-state index contributed by atoms with van der Waals surface area (Å²) < 4.78 is 0. The third-order valence-electron chi connectivity index (χ3n) is 3.38. The van der Waals surface area contributed by atoms with Crippen LogP contribution >= 0.6 is 35.8 Å². The third kappa shape index (κ3) is 4.67. The standard InChI is InChI=1S/C17H17ClN2S.ClH/c18-16-8-6-15(7-9-16)13-21-17-19-10-11-20(17)12-14-4-2-1-3-5-14;/h1-9H,10-13H2;1H. The van der Waals surface area contributed by atoms with E-state index in [4.69, 9.17) is 11.6 Å². The first-order valence-corrected chi connectivity index (χ1v) is 8.38. The van der Waals surface area contributed by atoms with Crippen LogP contribution in [-0.4, -0.2) is 23.2 Å². The molecule has 0 fully saturated rings. The van der Waals surface area contributed by atoms with Crippen molar-refractivity contribution in [1.82, 2.24) is 4.90 Å². The average molecular weight is 353 g/mol. The number of aliphatic imine (C=N–C) groups is 1. The van der Waals surface area contributed by atoms with E-state index < -0.39 is 0 Å². The lowest BCUT2D eigenvalue weighted by atomic mass is 10.2. The van der Waals surface area contributed by atoms with Crippen molar-refractivity contribution >= 4 is 40.9 Å². The highest BCUT2D eigenvalue weighted by Gasteiger charge is 2.17. The van der Waals surface area contributed by atoms with Crippen LogP contribution in [0.1, 0.15) is 11.1 Å². The zero-order chi connectivity index (χ0) is 14.5. The summed E-state index contributed by atoms with van der Waals surface area (Å²) in [4.78, 5) is 6.98. The Morgan fingerprint density at radius 2 is 1.73 bits per heavy atom. The van der Waals surface area contributed by atoms with E-state index in [9.17, 15) is 0 Å². The smallest absolute Gasteiger partial charge is 0.159 e. The Kier molecular flexibility index (Phi) is 6.62. The van der Waals surface area contributed by atoms with Gasteiger partial charge in [-0.05, 0) is 23.3 Å². The summed E-state index contributed by atoms with van der Waals surface area (Å²) in [5, 5.41) is 1.93. The van der Waals surface area contributed by atoms with Crippen molar-refractivity contribution in [3.05, 3.63) is 70.7 Å². The number of halogens is 2. The molecular weight excluding hydrogens is 335 g/mol. The summed E-state index contributed by atoms with van der Waals surface area (Å²) in [5.41, 5.74) is 2.61. The van der Waals surface area contributed by atoms with Gasteiger partial charge in [0, 0.05) is 23.9 Å². The van der Waals surface area contributed by atoms with Crippen molar-refractivity contribution in [1.29, 1.82) is 0 Å². The van der Waals surface area contributed by atoms with Crippen LogP contribution in [0.15, 0.2) is 59.6 Å². The molecule has 1 aliphatic rings. The molecule has 116 valence electrons. The summed E-state index contributed by atoms with van der Waals surface area (Å²) in [6.45, 7) is 2.85. The van der Waals surface area contributed by atoms with Crippen LogP contribution in [-0.2, 0) is 12.3 Å². The predicted molar refractivity (Wildman–Crippen MR) is 99.1 cm³/mol. The van der Waals surface area contributed by atoms with E-state index in [2.05, 4.69) is 52.4 Å². The number of amidine groups is 1. The first kappa shape index (κ1) is 17.2. The highest BCUT2D eigenvalue weighted by Crippen LogP contribution is 2.22. The van der Waals surface area contributed by atoms with Crippen molar-refractivity contribution in [3.63, 3.8) is 0 Å². The first-order valence-electron chi connectivity index (χ1n) is 7.02. The Labute approximate surface area is 147 Å². The van der Waals surface area contributed by atoms with Gasteiger partial charge in [0.15, 0.2) is 5.17 Å². The number of hydrogen-bond donors (Lipinski definition) is 0. The lowest BCUT2D eigenvalue weighted by molar-refractivity contribution is 0.459. The molecule has 1 aliphatic heterocycles. The minimum atomic E-state index is 0. The molecule has 0 aromatic heterocycles. The highest BCUT2D eigenvalue weighted by molar-refractivity contribution is 8.13. The monoisotopic (exact) mass is 352 g/mol. The fourth-order valence-corrected chi connectivity index (χ4v) is 3.41. The minimum absolute atomic E-state index is 0. The number of hydrogen-bond acceptors (Lipinski definition) is 3. The molecule has 0 saturated carbocycles. The van der Waals surface area contributed by atoms with Gasteiger partial charge in [0.2, 0.25) is 0 Å². The topological polar surface area (TPSA) is 15.6 Å². The zero-order valence-corrected chi connectivity index (χ0v) is 14.5. The van der Waals surface area contributed by atoms with Crippen molar-refractivity contribution in [2.45, 2.75) is 12.3 Å². The largest absolute Gasteiger partial charge is 0.345 e. The van der Waals surface area contributed by atoms with Crippen LogP contribution in [0.25, 0.3) is 0 Å². The van der Waals surface area contributed by atoms with E-state index in [-0.39, 0.29) is 12.4 Å². The molecule has 0 aliphatic carbocycles. The SMILES string of the molecule is Cl.Clc1ccc(CSC2=NCCN2Cc2ccccc2)cc1. The molecule has 0 radical (unpaired) electrons. The quantitative estimate of drug-likeness (QED) is 0.780. The predicted octanol–water partition coefficient (Wildman–Crippen LogP) is 4.87. The van der Waals surface area contributed by atoms with Gasteiger partial charge >= 0.3 is 0 Å². The van der Waals surface area contributed by atoms with Gasteiger partial charge in [0.25, 0.3) is 0 Å². The summed E-state index contributed by atoms with van der Waals surface area (Å²) in [5.74, 6) is 0.932. The molecular formula is C17H18Cl2N2S. The molecule has 2 aromatic rings. The molecule has 5 heteroatoms. The van der Waals surface area contributed by atoms with Crippen LogP contribution in [0.5, 0.6) is 0 Å². The average Bonchev–Trinajstić information content (AvgIpc) is 2.95. The van der Waals surface area contributed by atoms with Gasteiger partial charge in [0.05, 0.1) is 6.54 Å². The van der Waals surface area contributed by atoms with Crippen molar-refractivity contribution in [2.24, 2.45) is 4.99 Å². The Morgan fingerprint density at radius 3 is 2.45 bits per heavy atom. The van der Waals surface area contributed by atoms with E-state index in [1.807, 2.05) is 12.1 Å². The van der Waals surface area contributed by atoms with Crippen LogP contribution in [0.4, 0.5) is 0 Å². The molecule has 0 amide bonds. The number of thioether (sulfide) groups is 1. The summed E-state index contributed by atoms with van der Waals surface area (Å²) in [7, 11) is 0. The second-order valence-electron chi connectivity index (χ2n) is 4.99. The normalized spacial score (nSPS) is 13.7. The number of rotatable bonds is 4. The molecule has 2 aromatic carbocycles. The van der Waals surface area contributed by atoms with Gasteiger partial charge in [-0.3, -0.25) is 4.99 Å². The summed E-state index contributed by atoms with van der Waals surface area (Å²) in [6, 6.07) is 18.6. The van der Waals surface area contributed by atoms with Gasteiger partial charge in [0.1, 0.15) is 0 Å². The maximum Gasteiger partial charge on any atom is 0.159 e. The van der Waals surface area contributed by atoms with Crippen molar-refractivity contribution in [2.75, 3.05) is 13.1 Å². The van der Waals surface area contributed by atoms with Crippen molar-refractivity contribution < 1.29 is 0 Å². The highest BCUT2D eigenvalue weighted by atomic mass is 35.5. The molecule has 0 N–H and O–H groups in total. The first-order chi connectivity index (χ1) is 10.3. The van der Waals surface area contributed by atoms with E-state index in [0.717, 1.165) is 35.6 Å². The Bertz CT molecular complexity index is 614. The van der Waals surface area contributed by atoms with Crippen LogP contribution in [0, 0.1) is 0 Å². The van der Waals surface area contributed by atoms with Gasteiger partial charge in [-0.2, -0.15) is 0 Å². The molecule has 2 nitrogen and oxygen atoms in total. The van der Waals surface area contributed by atoms with E-state index in [1.165, 1.54) is 11.1 Å². The van der Waals surface area contributed by atoms with E-state index in [0.29, 0.717) is 0 Å². The maximum atomic E-state index is 5.91. The van der Waals surface area contributed by atoms with Gasteiger partial charge in [-0.1, -0.05) is 65.8 Å². The lowest BCUT2D eigenvalue weighted by Crippen LogP contribution is -2.25. The number of nitrogens with zero attached hydrogens (tertiary/aromatic N) is 2. The van der Waals surface area contributed by atoms with Crippen LogP contribution in [0.3, 0.4) is 0 Å². The molecule has 0 spiro atoms. The Morgan fingerprint density at radius 1 is 1.00 bits per heavy atom. The molecule has 22 heavy (non-hydrogen) atoms. The fourth-order valence-electron chi connectivity index (χ4n) is 2.28. The van der Waals surface area contributed by atoms with E-state index >= 15 is 0 Å². The maximum absolute atomic E-state index is 5.91. The summed E-state index contributed by atoms with van der Waals surface area (Å²) >= 11 is 7.72. The van der Waals surface area contributed by atoms with Gasteiger partial charge in [-0.15, -0.1) is 12.4 Å². The minimum Gasteiger partial charge on any atom is -0.345 e. The van der Waals surface area contributed by atoms with Gasteiger partial charge in [-0.25, -0.2) is 0 Å². The molecule has 0 saturated heterocycles. The zero-order valence-electron chi connectivity index (χ0n) is 12.1. The fraction of sp³-hybridized carbons (Fsp3) is 0.235. The Balaban J connectivity index is 0.00000176.